The number of aryl methyl sites for hydroxylation is 2. The standard InChI is InChI=1S/C20H21NO3S/c1-22-17-11-14(12-18(23-2)19(17)24-3)9-10-16-13-25-20(21-16)15-7-5-4-6-8-15/h4-8,11-13H,9-10H2,1-3H3. The van der Waals surface area contributed by atoms with Gasteiger partial charge in [-0.05, 0) is 30.5 Å². The molecule has 0 unspecified atom stereocenters. The molecular formula is C20H21NO3S. The molecule has 4 nitrogen and oxygen atoms in total. The highest BCUT2D eigenvalue weighted by Gasteiger charge is 2.13. The van der Waals surface area contributed by atoms with Gasteiger partial charge >= 0.3 is 0 Å². The molecule has 2 aromatic carbocycles. The smallest absolute Gasteiger partial charge is 0.203 e. The predicted octanol–water partition coefficient (Wildman–Crippen LogP) is 4.62. The van der Waals surface area contributed by atoms with Crippen LogP contribution in [0.4, 0.5) is 0 Å². The minimum absolute atomic E-state index is 0.619. The van der Waals surface area contributed by atoms with Gasteiger partial charge in [0.15, 0.2) is 11.5 Å². The monoisotopic (exact) mass is 355 g/mol. The van der Waals surface area contributed by atoms with Crippen LogP contribution in [0.15, 0.2) is 47.8 Å². The van der Waals surface area contributed by atoms with E-state index in [0.717, 1.165) is 34.7 Å². The first-order valence-electron chi connectivity index (χ1n) is 8.04. The molecule has 0 fully saturated rings. The number of thiazole rings is 1. The summed E-state index contributed by atoms with van der Waals surface area (Å²) < 4.78 is 16.2. The highest BCUT2D eigenvalue weighted by molar-refractivity contribution is 7.13. The first-order valence-corrected chi connectivity index (χ1v) is 8.91. The third-order valence-corrected chi connectivity index (χ3v) is 4.91. The summed E-state index contributed by atoms with van der Waals surface area (Å²) in [5.74, 6) is 1.98. The zero-order valence-corrected chi connectivity index (χ0v) is 15.4. The largest absolute Gasteiger partial charge is 0.493 e. The van der Waals surface area contributed by atoms with Gasteiger partial charge in [-0.25, -0.2) is 4.98 Å². The lowest BCUT2D eigenvalue weighted by Gasteiger charge is -2.13. The van der Waals surface area contributed by atoms with Gasteiger partial charge in [0, 0.05) is 10.9 Å². The van der Waals surface area contributed by atoms with E-state index in [9.17, 15) is 0 Å². The summed E-state index contributed by atoms with van der Waals surface area (Å²) in [6, 6.07) is 14.2. The van der Waals surface area contributed by atoms with Crippen LogP contribution in [0.2, 0.25) is 0 Å². The van der Waals surface area contributed by atoms with Crippen molar-refractivity contribution in [3.63, 3.8) is 0 Å². The van der Waals surface area contributed by atoms with Crippen LogP contribution in [-0.4, -0.2) is 26.3 Å². The fourth-order valence-electron chi connectivity index (χ4n) is 2.69. The Labute approximate surface area is 152 Å². The van der Waals surface area contributed by atoms with Crippen LogP contribution in [0.5, 0.6) is 17.2 Å². The second kappa shape index (κ2) is 8.03. The number of ether oxygens (including phenoxy) is 3. The van der Waals surface area contributed by atoms with Crippen LogP contribution >= 0.6 is 11.3 Å². The Balaban J connectivity index is 1.75. The Hall–Kier alpha value is -2.53. The molecule has 25 heavy (non-hydrogen) atoms. The minimum atomic E-state index is 0.619. The van der Waals surface area contributed by atoms with Crippen molar-refractivity contribution in [3.05, 3.63) is 59.1 Å². The zero-order chi connectivity index (χ0) is 17.6. The fourth-order valence-corrected chi connectivity index (χ4v) is 3.55. The van der Waals surface area contributed by atoms with Crippen molar-refractivity contribution in [1.29, 1.82) is 0 Å². The molecule has 0 saturated heterocycles. The van der Waals surface area contributed by atoms with Crippen LogP contribution in [0.1, 0.15) is 11.3 Å². The van der Waals surface area contributed by atoms with Gasteiger partial charge in [-0.15, -0.1) is 11.3 Å². The SMILES string of the molecule is COc1cc(CCc2csc(-c3ccccc3)n2)cc(OC)c1OC. The van der Waals surface area contributed by atoms with Crippen molar-refractivity contribution in [2.75, 3.05) is 21.3 Å². The fraction of sp³-hybridized carbons (Fsp3) is 0.250. The number of nitrogens with zero attached hydrogens (tertiary/aromatic N) is 1. The lowest BCUT2D eigenvalue weighted by molar-refractivity contribution is 0.324. The number of aromatic nitrogens is 1. The summed E-state index contributed by atoms with van der Waals surface area (Å²) in [6.45, 7) is 0. The van der Waals surface area contributed by atoms with Crippen molar-refractivity contribution < 1.29 is 14.2 Å². The number of benzene rings is 2. The van der Waals surface area contributed by atoms with E-state index < -0.39 is 0 Å². The Morgan fingerprint density at radius 1 is 0.880 bits per heavy atom. The highest BCUT2D eigenvalue weighted by atomic mass is 32.1. The van der Waals surface area contributed by atoms with Crippen LogP contribution in [0, 0.1) is 0 Å². The van der Waals surface area contributed by atoms with Gasteiger partial charge in [0.25, 0.3) is 0 Å². The van der Waals surface area contributed by atoms with E-state index in [1.54, 1.807) is 32.7 Å². The van der Waals surface area contributed by atoms with Gasteiger partial charge in [0.2, 0.25) is 5.75 Å². The quantitative estimate of drug-likeness (QED) is 0.620. The molecule has 0 aliphatic rings. The summed E-state index contributed by atoms with van der Waals surface area (Å²) in [4.78, 5) is 4.75. The second-order valence-corrected chi connectivity index (χ2v) is 6.40. The van der Waals surface area contributed by atoms with E-state index >= 15 is 0 Å². The summed E-state index contributed by atoms with van der Waals surface area (Å²) in [5.41, 5.74) is 3.38. The van der Waals surface area contributed by atoms with Crippen LogP contribution < -0.4 is 14.2 Å². The van der Waals surface area contributed by atoms with E-state index in [-0.39, 0.29) is 0 Å². The van der Waals surface area contributed by atoms with Gasteiger partial charge in [0.1, 0.15) is 5.01 Å². The molecular weight excluding hydrogens is 334 g/mol. The third kappa shape index (κ3) is 3.94. The van der Waals surface area contributed by atoms with Crippen LogP contribution in [-0.2, 0) is 12.8 Å². The first kappa shape index (κ1) is 17.3. The van der Waals surface area contributed by atoms with Crippen molar-refractivity contribution in [3.8, 4) is 27.8 Å². The molecule has 3 rings (SSSR count). The molecule has 0 N–H and O–H groups in total. The Kier molecular flexibility index (Phi) is 5.56. The summed E-state index contributed by atoms with van der Waals surface area (Å²) in [6.07, 6.45) is 1.72. The predicted molar refractivity (Wildman–Crippen MR) is 101 cm³/mol. The molecule has 0 saturated carbocycles. The Morgan fingerprint density at radius 3 is 2.16 bits per heavy atom. The molecule has 1 aromatic heterocycles. The van der Waals surface area contributed by atoms with Crippen LogP contribution in [0.25, 0.3) is 10.6 Å². The number of hydrogen-bond donors (Lipinski definition) is 0. The molecule has 1 heterocycles. The molecule has 3 aromatic rings. The number of methoxy groups -OCH3 is 3. The van der Waals surface area contributed by atoms with E-state index in [2.05, 4.69) is 17.5 Å². The van der Waals surface area contributed by atoms with Crippen molar-refractivity contribution >= 4 is 11.3 Å². The average Bonchev–Trinajstić information content (AvgIpc) is 3.15. The number of rotatable bonds is 7. The maximum Gasteiger partial charge on any atom is 0.203 e. The molecule has 0 aliphatic carbocycles. The van der Waals surface area contributed by atoms with Gasteiger partial charge < -0.3 is 14.2 Å². The number of hydrogen-bond acceptors (Lipinski definition) is 5. The van der Waals surface area contributed by atoms with Gasteiger partial charge in [0.05, 0.1) is 27.0 Å². The van der Waals surface area contributed by atoms with Crippen molar-refractivity contribution in [2.24, 2.45) is 0 Å². The topological polar surface area (TPSA) is 40.6 Å². The van der Waals surface area contributed by atoms with E-state index in [1.807, 2.05) is 30.3 Å². The Bertz CT molecular complexity index is 805. The second-order valence-electron chi connectivity index (χ2n) is 5.54. The molecule has 0 spiro atoms. The molecule has 5 heteroatoms. The first-order chi connectivity index (χ1) is 12.2. The summed E-state index contributed by atoms with van der Waals surface area (Å²) in [7, 11) is 4.88. The van der Waals surface area contributed by atoms with E-state index in [0.29, 0.717) is 17.2 Å². The summed E-state index contributed by atoms with van der Waals surface area (Å²) >= 11 is 1.68. The highest BCUT2D eigenvalue weighted by Crippen LogP contribution is 2.38. The molecule has 130 valence electrons. The average molecular weight is 355 g/mol. The lowest BCUT2D eigenvalue weighted by atomic mass is 10.1. The molecule has 0 radical (unpaired) electrons. The molecule has 0 aliphatic heterocycles. The van der Waals surface area contributed by atoms with E-state index in [4.69, 9.17) is 19.2 Å². The Morgan fingerprint density at radius 2 is 1.56 bits per heavy atom. The van der Waals surface area contributed by atoms with Crippen molar-refractivity contribution in [1.82, 2.24) is 4.98 Å². The summed E-state index contributed by atoms with van der Waals surface area (Å²) in [5, 5.41) is 3.18. The minimum Gasteiger partial charge on any atom is -0.493 e. The molecule has 0 atom stereocenters. The van der Waals surface area contributed by atoms with Crippen molar-refractivity contribution in [2.45, 2.75) is 12.8 Å². The normalized spacial score (nSPS) is 10.5. The van der Waals surface area contributed by atoms with Gasteiger partial charge in [-0.1, -0.05) is 30.3 Å². The zero-order valence-electron chi connectivity index (χ0n) is 14.6. The maximum atomic E-state index is 5.41. The lowest BCUT2D eigenvalue weighted by Crippen LogP contribution is -1.98. The van der Waals surface area contributed by atoms with Gasteiger partial charge in [-0.3, -0.25) is 0 Å². The maximum absolute atomic E-state index is 5.41. The van der Waals surface area contributed by atoms with Crippen LogP contribution in [0.3, 0.4) is 0 Å². The molecule has 0 bridgehead atoms. The third-order valence-electron chi connectivity index (χ3n) is 3.97. The van der Waals surface area contributed by atoms with Gasteiger partial charge in [-0.2, -0.15) is 0 Å². The molecule has 0 amide bonds. The van der Waals surface area contributed by atoms with E-state index in [1.165, 1.54) is 0 Å².